The number of benzene rings is 1. The minimum absolute atomic E-state index is 0.0530. The van der Waals surface area contributed by atoms with Crippen molar-refractivity contribution >= 4 is 17.6 Å². The zero-order valence-electron chi connectivity index (χ0n) is 18.1. The van der Waals surface area contributed by atoms with Crippen LogP contribution >= 0.6 is 0 Å². The highest BCUT2D eigenvalue weighted by Gasteiger charge is 2.44. The van der Waals surface area contributed by atoms with Gasteiger partial charge in [0.05, 0.1) is 29.9 Å². The predicted octanol–water partition coefficient (Wildman–Crippen LogP) is 4.29. The Bertz CT molecular complexity index is 829. The molecule has 1 N–H and O–H groups in total. The number of nitrogens with one attached hydrogen (secondary N) is 1. The molecule has 0 spiro atoms. The Balaban J connectivity index is 1.97. The first-order chi connectivity index (χ1) is 13.6. The third kappa shape index (κ3) is 5.06. The number of fused-ring (bicyclic) bond motifs is 2. The molecule has 6 nitrogen and oxygen atoms in total. The molecule has 29 heavy (non-hydrogen) atoms. The average molecular weight is 402 g/mol. The summed E-state index contributed by atoms with van der Waals surface area (Å²) in [6.07, 6.45) is 3.90. The number of cyclic esters (lactones) is 1. The Morgan fingerprint density at radius 1 is 1.10 bits per heavy atom. The Morgan fingerprint density at radius 3 is 2.55 bits per heavy atom. The maximum Gasteiger partial charge on any atom is 0.340 e. The van der Waals surface area contributed by atoms with Crippen LogP contribution in [0.5, 0.6) is 0 Å². The fourth-order valence-electron chi connectivity index (χ4n) is 4.07. The van der Waals surface area contributed by atoms with Crippen LogP contribution in [0.25, 0.3) is 0 Å². The van der Waals surface area contributed by atoms with E-state index in [1.807, 2.05) is 59.8 Å². The molecule has 0 saturated carbocycles. The number of carbonyl (C=O) groups excluding carboxylic acids is 2. The first-order valence-electron chi connectivity index (χ1n) is 10.2. The van der Waals surface area contributed by atoms with Gasteiger partial charge in [-0.25, -0.2) is 4.79 Å². The van der Waals surface area contributed by atoms with E-state index in [0.29, 0.717) is 17.7 Å². The zero-order valence-corrected chi connectivity index (χ0v) is 18.1. The van der Waals surface area contributed by atoms with Crippen molar-refractivity contribution in [2.45, 2.75) is 78.5 Å². The van der Waals surface area contributed by atoms with Crippen LogP contribution in [0.2, 0.25) is 0 Å². The van der Waals surface area contributed by atoms with E-state index in [4.69, 9.17) is 14.2 Å². The molecular weight excluding hydrogens is 370 g/mol. The highest BCUT2D eigenvalue weighted by Crippen LogP contribution is 2.35. The predicted molar refractivity (Wildman–Crippen MR) is 111 cm³/mol. The fourth-order valence-corrected chi connectivity index (χ4v) is 4.07. The topological polar surface area (TPSA) is 73.9 Å². The Labute approximate surface area is 172 Å². The number of hydrogen-bond donors (Lipinski definition) is 1. The summed E-state index contributed by atoms with van der Waals surface area (Å²) in [5.74, 6) is -1.34. The van der Waals surface area contributed by atoms with Crippen molar-refractivity contribution in [3.63, 3.8) is 0 Å². The average Bonchev–Trinajstić information content (AvgIpc) is 2.87. The van der Waals surface area contributed by atoms with Crippen molar-refractivity contribution in [3.8, 4) is 0 Å². The second-order valence-electron chi connectivity index (χ2n) is 8.63. The van der Waals surface area contributed by atoms with Crippen LogP contribution in [0, 0.1) is 19.8 Å². The highest BCUT2D eigenvalue weighted by molar-refractivity contribution is 6.02. The molecule has 4 atom stereocenters. The summed E-state index contributed by atoms with van der Waals surface area (Å²) >= 11 is 0. The minimum Gasteiger partial charge on any atom is -0.459 e. The smallest absolute Gasteiger partial charge is 0.340 e. The van der Waals surface area contributed by atoms with E-state index >= 15 is 0 Å². The standard InChI is InChI=1S/C23H31NO5/c1-13-10-15(3)20-17(11-13)24-19(25)12-18-21(29-23(5,6)28-18)14(2)8-7-9-16(4)27-22(20)26/h7-8,10-11,14,16,18,21H,9,12H2,1-6H3,(H,24,25)/b8-7-/t14?,16-,18+,21+/m0/s1. The molecule has 6 heteroatoms. The fraction of sp³-hybridized carbons (Fsp3) is 0.565. The van der Waals surface area contributed by atoms with Crippen molar-refractivity contribution in [3.05, 3.63) is 41.0 Å². The molecule has 0 aromatic heterocycles. The first kappa shape index (κ1) is 21.5. The van der Waals surface area contributed by atoms with Gasteiger partial charge in [0.25, 0.3) is 0 Å². The van der Waals surface area contributed by atoms with Crippen molar-refractivity contribution < 1.29 is 23.8 Å². The summed E-state index contributed by atoms with van der Waals surface area (Å²) < 4.78 is 17.7. The normalized spacial score (nSPS) is 31.1. The number of rotatable bonds is 0. The first-order valence-corrected chi connectivity index (χ1v) is 10.2. The summed E-state index contributed by atoms with van der Waals surface area (Å²) in [6.45, 7) is 11.4. The van der Waals surface area contributed by atoms with Gasteiger partial charge in [0, 0.05) is 12.3 Å². The minimum atomic E-state index is -0.747. The number of anilines is 1. The largest absolute Gasteiger partial charge is 0.459 e. The van der Waals surface area contributed by atoms with E-state index in [1.54, 1.807) is 6.07 Å². The van der Waals surface area contributed by atoms with E-state index < -0.39 is 11.8 Å². The van der Waals surface area contributed by atoms with Crippen LogP contribution in [0.1, 0.15) is 62.0 Å². The van der Waals surface area contributed by atoms with Gasteiger partial charge < -0.3 is 19.5 Å². The molecule has 1 aromatic rings. The number of amides is 1. The van der Waals surface area contributed by atoms with Gasteiger partial charge in [-0.1, -0.05) is 25.1 Å². The highest BCUT2D eigenvalue weighted by atomic mass is 16.8. The van der Waals surface area contributed by atoms with Crippen LogP contribution in [0.4, 0.5) is 5.69 Å². The maximum absolute atomic E-state index is 12.9. The Morgan fingerprint density at radius 2 is 1.83 bits per heavy atom. The summed E-state index contributed by atoms with van der Waals surface area (Å²) in [5.41, 5.74) is 2.60. The van der Waals surface area contributed by atoms with E-state index in [1.165, 1.54) is 0 Å². The van der Waals surface area contributed by atoms with E-state index in [0.717, 1.165) is 11.1 Å². The van der Waals surface area contributed by atoms with Crippen molar-refractivity contribution in [2.75, 3.05) is 5.32 Å². The SMILES string of the molecule is Cc1cc(C)c2c(c1)NC(=O)C[C@H]1OC(C)(C)O[C@@H]1C(C)/C=C\C[C@H](C)OC2=O. The van der Waals surface area contributed by atoms with Crippen molar-refractivity contribution in [1.82, 2.24) is 0 Å². The molecule has 2 heterocycles. The van der Waals surface area contributed by atoms with E-state index in [9.17, 15) is 9.59 Å². The number of aryl methyl sites for hydroxylation is 2. The summed E-state index contributed by atoms with van der Waals surface area (Å²) in [6, 6.07) is 3.71. The molecule has 1 saturated heterocycles. The summed E-state index contributed by atoms with van der Waals surface area (Å²) in [4.78, 5) is 25.7. The van der Waals surface area contributed by atoms with Gasteiger partial charge in [-0.05, 0) is 51.8 Å². The van der Waals surface area contributed by atoms with Crippen LogP contribution in [-0.2, 0) is 19.0 Å². The van der Waals surface area contributed by atoms with Gasteiger partial charge in [0.1, 0.15) is 6.10 Å². The van der Waals surface area contributed by atoms with Gasteiger partial charge in [0.15, 0.2) is 5.79 Å². The Kier molecular flexibility index (Phi) is 6.15. The molecule has 2 aliphatic rings. The second kappa shape index (κ2) is 8.28. The third-order valence-electron chi connectivity index (χ3n) is 5.30. The van der Waals surface area contributed by atoms with Gasteiger partial charge >= 0.3 is 5.97 Å². The summed E-state index contributed by atoms with van der Waals surface area (Å²) in [5, 5.41) is 2.90. The molecule has 2 aliphatic heterocycles. The number of hydrogen-bond acceptors (Lipinski definition) is 5. The number of carbonyl (C=O) groups is 2. The van der Waals surface area contributed by atoms with Crippen LogP contribution in [-0.4, -0.2) is 36.0 Å². The van der Waals surface area contributed by atoms with Gasteiger partial charge in [-0.3, -0.25) is 4.79 Å². The van der Waals surface area contributed by atoms with Crippen LogP contribution < -0.4 is 5.32 Å². The van der Waals surface area contributed by atoms with Gasteiger partial charge in [0.2, 0.25) is 5.91 Å². The molecule has 1 fully saturated rings. The van der Waals surface area contributed by atoms with Gasteiger partial charge in [-0.15, -0.1) is 0 Å². The molecule has 0 bridgehead atoms. The molecular formula is C23H31NO5. The lowest BCUT2D eigenvalue weighted by Crippen LogP contribution is -2.32. The molecule has 1 aromatic carbocycles. The van der Waals surface area contributed by atoms with E-state index in [-0.39, 0.29) is 36.6 Å². The van der Waals surface area contributed by atoms with Crippen molar-refractivity contribution in [2.24, 2.45) is 5.92 Å². The number of esters is 1. The van der Waals surface area contributed by atoms with Crippen LogP contribution in [0.3, 0.4) is 0 Å². The molecule has 3 rings (SSSR count). The maximum atomic E-state index is 12.9. The summed E-state index contributed by atoms with van der Waals surface area (Å²) in [7, 11) is 0. The Hall–Kier alpha value is -2.18. The monoisotopic (exact) mass is 401 g/mol. The second-order valence-corrected chi connectivity index (χ2v) is 8.63. The molecule has 1 amide bonds. The van der Waals surface area contributed by atoms with Crippen molar-refractivity contribution in [1.29, 1.82) is 0 Å². The lowest BCUT2D eigenvalue weighted by molar-refractivity contribution is -0.150. The van der Waals surface area contributed by atoms with Gasteiger partial charge in [-0.2, -0.15) is 0 Å². The lowest BCUT2D eigenvalue weighted by atomic mass is 9.96. The molecule has 0 aliphatic carbocycles. The molecule has 0 radical (unpaired) electrons. The molecule has 1 unspecified atom stereocenters. The third-order valence-corrected chi connectivity index (χ3v) is 5.30. The number of ether oxygens (including phenoxy) is 3. The van der Waals surface area contributed by atoms with E-state index in [2.05, 4.69) is 5.32 Å². The lowest BCUT2D eigenvalue weighted by Gasteiger charge is -2.22. The van der Waals surface area contributed by atoms with Crippen LogP contribution in [0.15, 0.2) is 24.3 Å². The molecule has 158 valence electrons. The quantitative estimate of drug-likeness (QED) is 0.518. The zero-order chi connectivity index (χ0) is 21.3.